The average molecular weight is 359 g/mol. The number of hydrogen-bond donors (Lipinski definition) is 2. The monoisotopic (exact) mass is 359 g/mol. The minimum atomic E-state index is -0.531. The normalized spacial score (nSPS) is 11.8. The summed E-state index contributed by atoms with van der Waals surface area (Å²) in [6.07, 6.45) is 0. The van der Waals surface area contributed by atoms with Crippen molar-refractivity contribution in [3.8, 4) is 0 Å². The lowest BCUT2D eigenvalue weighted by molar-refractivity contribution is -0.117. The lowest BCUT2D eigenvalue weighted by Gasteiger charge is -2.18. The zero-order valence-corrected chi connectivity index (χ0v) is 14.7. The molecule has 1 atom stereocenters. The maximum Gasteiger partial charge on any atom is 0.251 e. The summed E-state index contributed by atoms with van der Waals surface area (Å²) in [4.78, 5) is 17.5. The zero-order valence-electron chi connectivity index (χ0n) is 13.9. The van der Waals surface area contributed by atoms with Gasteiger partial charge in [0.1, 0.15) is 6.04 Å². The van der Waals surface area contributed by atoms with Gasteiger partial charge in [-0.1, -0.05) is 72.0 Å². The van der Waals surface area contributed by atoms with Gasteiger partial charge in [-0.25, -0.2) is 4.98 Å². The Hall–Kier alpha value is -3.18. The Balaban J connectivity index is 1.63. The van der Waals surface area contributed by atoms with E-state index < -0.39 is 6.04 Å². The van der Waals surface area contributed by atoms with Crippen LogP contribution in [0.15, 0.2) is 84.9 Å². The van der Waals surface area contributed by atoms with Gasteiger partial charge in [0, 0.05) is 5.69 Å². The second kappa shape index (κ2) is 7.37. The van der Waals surface area contributed by atoms with Crippen LogP contribution in [0.5, 0.6) is 0 Å². The quantitative estimate of drug-likeness (QED) is 0.522. The minimum Gasteiger partial charge on any atom is -0.346 e. The van der Waals surface area contributed by atoms with Crippen molar-refractivity contribution in [2.45, 2.75) is 6.04 Å². The molecular formula is C21H17N3OS. The van der Waals surface area contributed by atoms with Crippen molar-refractivity contribution in [1.29, 1.82) is 0 Å². The summed E-state index contributed by atoms with van der Waals surface area (Å²) in [5, 5.41) is 7.00. The van der Waals surface area contributed by atoms with Crippen molar-refractivity contribution < 1.29 is 4.79 Å². The van der Waals surface area contributed by atoms with E-state index >= 15 is 0 Å². The highest BCUT2D eigenvalue weighted by molar-refractivity contribution is 7.22. The summed E-state index contributed by atoms with van der Waals surface area (Å²) in [5.41, 5.74) is 2.58. The van der Waals surface area contributed by atoms with Gasteiger partial charge in [-0.3, -0.25) is 4.79 Å². The number of aromatic nitrogens is 1. The Morgan fingerprint density at radius 1 is 0.846 bits per heavy atom. The van der Waals surface area contributed by atoms with Crippen LogP contribution >= 0.6 is 11.3 Å². The molecule has 4 aromatic rings. The van der Waals surface area contributed by atoms with E-state index in [0.29, 0.717) is 0 Å². The number of amides is 1. The Bertz CT molecular complexity index is 982. The number of fused-ring (bicyclic) bond motifs is 1. The second-order valence-corrected chi connectivity index (χ2v) is 6.86. The highest BCUT2D eigenvalue weighted by Gasteiger charge is 2.22. The van der Waals surface area contributed by atoms with Crippen molar-refractivity contribution in [1.82, 2.24) is 4.98 Å². The van der Waals surface area contributed by atoms with Crippen LogP contribution in [0.25, 0.3) is 10.2 Å². The second-order valence-electron chi connectivity index (χ2n) is 5.83. The van der Waals surface area contributed by atoms with E-state index in [1.807, 2.05) is 84.9 Å². The topological polar surface area (TPSA) is 54.0 Å². The Labute approximate surface area is 155 Å². The van der Waals surface area contributed by atoms with E-state index in [0.717, 1.165) is 26.6 Å². The first kappa shape index (κ1) is 16.3. The molecule has 0 fully saturated rings. The van der Waals surface area contributed by atoms with Gasteiger partial charge in [0.25, 0.3) is 5.91 Å². The molecule has 0 saturated carbocycles. The standard InChI is InChI=1S/C21H17N3OS/c25-20(22-16-11-5-2-6-12-16)19(15-9-3-1-4-10-15)24-21-23-17-13-7-8-14-18(17)26-21/h1-14,19H,(H,22,25)(H,23,24)/t19-/m0/s1. The predicted molar refractivity (Wildman–Crippen MR) is 107 cm³/mol. The summed E-state index contributed by atoms with van der Waals surface area (Å²) in [5.74, 6) is -0.123. The van der Waals surface area contributed by atoms with Crippen molar-refractivity contribution in [2.24, 2.45) is 0 Å². The molecule has 4 rings (SSSR count). The van der Waals surface area contributed by atoms with Gasteiger partial charge in [-0.15, -0.1) is 0 Å². The molecule has 3 aromatic carbocycles. The van der Waals surface area contributed by atoms with E-state index in [4.69, 9.17) is 0 Å². The Kier molecular flexibility index (Phi) is 4.62. The summed E-state index contributed by atoms with van der Waals surface area (Å²) in [6.45, 7) is 0. The molecule has 0 aliphatic carbocycles. The molecular weight excluding hydrogens is 342 g/mol. The third kappa shape index (κ3) is 3.58. The molecule has 0 bridgehead atoms. The molecule has 0 saturated heterocycles. The number of nitrogens with zero attached hydrogens (tertiary/aromatic N) is 1. The highest BCUT2D eigenvalue weighted by Crippen LogP contribution is 2.29. The van der Waals surface area contributed by atoms with Crippen LogP contribution in [0.4, 0.5) is 10.8 Å². The summed E-state index contributed by atoms with van der Waals surface area (Å²) >= 11 is 1.54. The molecule has 26 heavy (non-hydrogen) atoms. The first-order valence-corrected chi connectivity index (χ1v) is 9.14. The Morgan fingerprint density at radius 3 is 2.23 bits per heavy atom. The SMILES string of the molecule is O=C(Nc1ccccc1)[C@@H](Nc1nc2ccccc2s1)c1ccccc1. The lowest BCUT2D eigenvalue weighted by atomic mass is 10.1. The zero-order chi connectivity index (χ0) is 17.8. The van der Waals surface area contributed by atoms with E-state index in [2.05, 4.69) is 15.6 Å². The van der Waals surface area contributed by atoms with Gasteiger partial charge in [0.15, 0.2) is 5.13 Å². The largest absolute Gasteiger partial charge is 0.346 e. The lowest BCUT2D eigenvalue weighted by Crippen LogP contribution is -2.27. The maximum absolute atomic E-state index is 12.9. The van der Waals surface area contributed by atoms with Crippen LogP contribution in [0.2, 0.25) is 0 Å². The van der Waals surface area contributed by atoms with E-state index in [-0.39, 0.29) is 5.91 Å². The van der Waals surface area contributed by atoms with E-state index in [1.54, 1.807) is 11.3 Å². The number of rotatable bonds is 5. The van der Waals surface area contributed by atoms with Gasteiger partial charge >= 0.3 is 0 Å². The molecule has 0 radical (unpaired) electrons. The molecule has 1 heterocycles. The van der Waals surface area contributed by atoms with Crippen molar-refractivity contribution >= 4 is 38.3 Å². The fourth-order valence-electron chi connectivity index (χ4n) is 2.74. The minimum absolute atomic E-state index is 0.123. The number of para-hydroxylation sites is 2. The average Bonchev–Trinajstić information content (AvgIpc) is 3.10. The summed E-state index contributed by atoms with van der Waals surface area (Å²) in [7, 11) is 0. The first-order valence-electron chi connectivity index (χ1n) is 8.32. The van der Waals surface area contributed by atoms with Crippen LogP contribution < -0.4 is 10.6 Å². The van der Waals surface area contributed by atoms with Gasteiger partial charge in [0.05, 0.1) is 10.2 Å². The van der Waals surface area contributed by atoms with Crippen molar-refractivity contribution in [3.63, 3.8) is 0 Å². The number of carbonyl (C=O) groups excluding carboxylic acids is 1. The van der Waals surface area contributed by atoms with E-state index in [9.17, 15) is 4.79 Å². The number of carbonyl (C=O) groups is 1. The molecule has 0 aliphatic rings. The molecule has 1 amide bonds. The maximum atomic E-state index is 12.9. The molecule has 0 aliphatic heterocycles. The molecule has 4 nitrogen and oxygen atoms in total. The van der Waals surface area contributed by atoms with Crippen molar-refractivity contribution in [2.75, 3.05) is 10.6 Å². The first-order chi connectivity index (χ1) is 12.8. The molecule has 5 heteroatoms. The van der Waals surface area contributed by atoms with Crippen molar-refractivity contribution in [3.05, 3.63) is 90.5 Å². The molecule has 1 aromatic heterocycles. The number of nitrogens with one attached hydrogen (secondary N) is 2. The fraction of sp³-hybridized carbons (Fsp3) is 0.0476. The van der Waals surface area contributed by atoms with Gasteiger partial charge in [-0.05, 0) is 29.8 Å². The van der Waals surface area contributed by atoms with Crippen LogP contribution in [0.1, 0.15) is 11.6 Å². The predicted octanol–water partition coefficient (Wildman–Crippen LogP) is 5.09. The van der Waals surface area contributed by atoms with Gasteiger partial charge in [-0.2, -0.15) is 0 Å². The number of thiazole rings is 1. The van der Waals surface area contributed by atoms with Gasteiger partial charge in [0.2, 0.25) is 0 Å². The van der Waals surface area contributed by atoms with Crippen LogP contribution in [0, 0.1) is 0 Å². The molecule has 128 valence electrons. The molecule has 0 unspecified atom stereocenters. The van der Waals surface area contributed by atoms with E-state index in [1.165, 1.54) is 0 Å². The number of benzene rings is 3. The molecule has 0 spiro atoms. The van der Waals surface area contributed by atoms with Crippen LogP contribution in [0.3, 0.4) is 0 Å². The van der Waals surface area contributed by atoms with Gasteiger partial charge < -0.3 is 10.6 Å². The summed E-state index contributed by atoms with van der Waals surface area (Å²) in [6, 6.07) is 26.6. The number of hydrogen-bond acceptors (Lipinski definition) is 4. The number of anilines is 2. The highest BCUT2D eigenvalue weighted by atomic mass is 32.1. The summed E-state index contributed by atoms with van der Waals surface area (Å²) < 4.78 is 1.09. The third-order valence-electron chi connectivity index (χ3n) is 4.00. The fourth-order valence-corrected chi connectivity index (χ4v) is 3.63. The smallest absolute Gasteiger partial charge is 0.251 e. The third-order valence-corrected chi connectivity index (χ3v) is 4.97. The molecule has 2 N–H and O–H groups in total. The Morgan fingerprint density at radius 2 is 1.50 bits per heavy atom. The van der Waals surface area contributed by atoms with Crippen LogP contribution in [-0.2, 0) is 4.79 Å². The van der Waals surface area contributed by atoms with Crippen LogP contribution in [-0.4, -0.2) is 10.9 Å².